The van der Waals surface area contributed by atoms with Crippen LogP contribution in [0.5, 0.6) is 0 Å². The van der Waals surface area contributed by atoms with E-state index in [0.29, 0.717) is 12.6 Å². The molecule has 3 unspecified atom stereocenters. The second kappa shape index (κ2) is 5.57. The Kier molecular flexibility index (Phi) is 4.28. The molecule has 0 radical (unpaired) electrons. The lowest BCUT2D eigenvalue weighted by Gasteiger charge is -2.31. The van der Waals surface area contributed by atoms with Gasteiger partial charge in [0.1, 0.15) is 0 Å². The fourth-order valence-electron chi connectivity index (χ4n) is 3.32. The van der Waals surface area contributed by atoms with Crippen molar-refractivity contribution in [2.75, 3.05) is 19.7 Å². The Balaban J connectivity index is 1.84. The van der Waals surface area contributed by atoms with Crippen molar-refractivity contribution in [3.8, 4) is 0 Å². The summed E-state index contributed by atoms with van der Waals surface area (Å²) < 4.78 is 0. The van der Waals surface area contributed by atoms with Gasteiger partial charge in [0.15, 0.2) is 0 Å². The number of aliphatic hydroxyl groups is 1. The van der Waals surface area contributed by atoms with Crippen molar-refractivity contribution in [2.24, 2.45) is 5.41 Å². The molecule has 1 aliphatic heterocycles. The molecule has 4 heteroatoms. The summed E-state index contributed by atoms with van der Waals surface area (Å²) >= 11 is 0. The number of rotatable bonds is 4. The molecule has 18 heavy (non-hydrogen) atoms. The quantitative estimate of drug-likeness (QED) is 0.791. The number of nitrogens with zero attached hydrogens (tertiary/aromatic N) is 1. The van der Waals surface area contributed by atoms with Gasteiger partial charge in [0.05, 0.1) is 13.2 Å². The molecule has 1 saturated heterocycles. The Morgan fingerprint density at radius 2 is 2.22 bits per heavy atom. The summed E-state index contributed by atoms with van der Waals surface area (Å²) in [5.74, 6) is 0.121. The molecule has 2 rings (SSSR count). The molecule has 0 aromatic heterocycles. The maximum Gasteiger partial charge on any atom is 0.234 e. The van der Waals surface area contributed by atoms with Gasteiger partial charge in [-0.25, -0.2) is 0 Å². The van der Waals surface area contributed by atoms with Crippen LogP contribution in [-0.2, 0) is 4.79 Å². The van der Waals surface area contributed by atoms with E-state index in [2.05, 4.69) is 24.1 Å². The van der Waals surface area contributed by atoms with E-state index >= 15 is 0 Å². The van der Waals surface area contributed by atoms with Crippen LogP contribution < -0.4 is 5.32 Å². The molecule has 2 N–H and O–H groups in total. The van der Waals surface area contributed by atoms with Crippen molar-refractivity contribution in [3.63, 3.8) is 0 Å². The van der Waals surface area contributed by atoms with E-state index in [9.17, 15) is 9.90 Å². The first-order valence-electron chi connectivity index (χ1n) is 7.19. The van der Waals surface area contributed by atoms with E-state index in [1.165, 1.54) is 12.8 Å². The molecular weight excluding hydrogens is 228 g/mol. The number of carbonyl (C=O) groups is 1. The van der Waals surface area contributed by atoms with E-state index in [-0.39, 0.29) is 24.0 Å². The molecule has 104 valence electrons. The van der Waals surface area contributed by atoms with Gasteiger partial charge in [0, 0.05) is 17.5 Å². The average molecular weight is 254 g/mol. The van der Waals surface area contributed by atoms with E-state index in [1.54, 1.807) is 0 Å². The molecule has 2 aliphatic rings. The van der Waals surface area contributed by atoms with Gasteiger partial charge in [-0.05, 0) is 39.2 Å². The summed E-state index contributed by atoms with van der Waals surface area (Å²) in [7, 11) is 0. The highest BCUT2D eigenvalue weighted by Crippen LogP contribution is 2.37. The number of likely N-dealkylation sites (tertiary alicyclic amines) is 1. The monoisotopic (exact) mass is 254 g/mol. The standard InChI is InChI=1S/C14H26N2O2/c1-11-5-4-8-16(11)9-13(18)15-12-6-3-7-14(12,2)10-17/h11-12,17H,3-10H2,1-2H3,(H,15,18). The molecule has 0 bridgehead atoms. The van der Waals surface area contributed by atoms with Crippen molar-refractivity contribution in [3.05, 3.63) is 0 Å². The predicted octanol–water partition coefficient (Wildman–Crippen LogP) is 1.14. The summed E-state index contributed by atoms with van der Waals surface area (Å²) in [5.41, 5.74) is -0.119. The van der Waals surface area contributed by atoms with Crippen LogP contribution in [0.15, 0.2) is 0 Å². The summed E-state index contributed by atoms with van der Waals surface area (Å²) in [5, 5.41) is 12.6. The number of carbonyl (C=O) groups excluding carboxylic acids is 1. The van der Waals surface area contributed by atoms with Crippen molar-refractivity contribution in [1.29, 1.82) is 0 Å². The molecule has 1 aliphatic carbocycles. The third-order valence-corrected chi connectivity index (χ3v) is 4.82. The second-order valence-electron chi connectivity index (χ2n) is 6.29. The van der Waals surface area contributed by atoms with Gasteiger partial charge in [-0.3, -0.25) is 9.69 Å². The normalized spacial score (nSPS) is 37.1. The maximum absolute atomic E-state index is 12.1. The number of hydrogen-bond acceptors (Lipinski definition) is 3. The molecule has 2 fully saturated rings. The molecule has 0 aromatic carbocycles. The van der Waals surface area contributed by atoms with E-state index in [0.717, 1.165) is 25.8 Å². The molecule has 1 amide bonds. The van der Waals surface area contributed by atoms with Crippen LogP contribution in [0, 0.1) is 5.41 Å². The fraction of sp³-hybridized carbons (Fsp3) is 0.929. The van der Waals surface area contributed by atoms with Crippen molar-refractivity contribution in [1.82, 2.24) is 10.2 Å². The lowest BCUT2D eigenvalue weighted by atomic mass is 9.86. The Bertz CT molecular complexity index is 308. The number of nitrogens with one attached hydrogen (secondary N) is 1. The summed E-state index contributed by atoms with van der Waals surface area (Å²) in [6, 6.07) is 0.677. The highest BCUT2D eigenvalue weighted by atomic mass is 16.3. The minimum absolute atomic E-state index is 0.119. The van der Waals surface area contributed by atoms with Gasteiger partial charge in [0.25, 0.3) is 0 Å². The van der Waals surface area contributed by atoms with E-state index in [1.807, 2.05) is 0 Å². The molecule has 0 spiro atoms. The first-order valence-corrected chi connectivity index (χ1v) is 7.19. The van der Waals surface area contributed by atoms with Crippen molar-refractivity contribution >= 4 is 5.91 Å². The lowest BCUT2D eigenvalue weighted by Crippen LogP contribution is -2.48. The zero-order valence-electron chi connectivity index (χ0n) is 11.6. The van der Waals surface area contributed by atoms with Crippen molar-refractivity contribution < 1.29 is 9.90 Å². The van der Waals surface area contributed by atoms with Crippen molar-refractivity contribution in [2.45, 2.75) is 58.0 Å². The smallest absolute Gasteiger partial charge is 0.234 e. The van der Waals surface area contributed by atoms with Gasteiger partial charge < -0.3 is 10.4 Å². The van der Waals surface area contributed by atoms with E-state index in [4.69, 9.17) is 0 Å². The minimum Gasteiger partial charge on any atom is -0.396 e. The van der Waals surface area contributed by atoms with Gasteiger partial charge in [-0.1, -0.05) is 13.3 Å². The summed E-state index contributed by atoms with van der Waals surface area (Å²) in [6.45, 7) is 5.98. The minimum atomic E-state index is -0.119. The SMILES string of the molecule is CC1CCCN1CC(=O)NC1CCCC1(C)CO. The van der Waals surface area contributed by atoms with Gasteiger partial charge in [-0.2, -0.15) is 0 Å². The van der Waals surface area contributed by atoms with Crippen LogP contribution >= 0.6 is 0 Å². The van der Waals surface area contributed by atoms with Crippen LogP contribution in [-0.4, -0.2) is 47.7 Å². The molecule has 4 nitrogen and oxygen atoms in total. The lowest BCUT2D eigenvalue weighted by molar-refractivity contribution is -0.124. The first-order chi connectivity index (χ1) is 8.55. The highest BCUT2D eigenvalue weighted by molar-refractivity contribution is 5.78. The van der Waals surface area contributed by atoms with Gasteiger partial charge >= 0.3 is 0 Å². The van der Waals surface area contributed by atoms with Crippen LogP contribution in [0.2, 0.25) is 0 Å². The number of hydrogen-bond donors (Lipinski definition) is 2. The zero-order valence-corrected chi connectivity index (χ0v) is 11.6. The maximum atomic E-state index is 12.1. The van der Waals surface area contributed by atoms with Gasteiger partial charge in [-0.15, -0.1) is 0 Å². The van der Waals surface area contributed by atoms with Gasteiger partial charge in [0.2, 0.25) is 5.91 Å². The average Bonchev–Trinajstić information content (AvgIpc) is 2.88. The highest BCUT2D eigenvalue weighted by Gasteiger charge is 2.39. The number of aliphatic hydroxyl groups excluding tert-OH is 1. The van der Waals surface area contributed by atoms with Crippen LogP contribution in [0.4, 0.5) is 0 Å². The third-order valence-electron chi connectivity index (χ3n) is 4.82. The second-order valence-corrected chi connectivity index (χ2v) is 6.29. The Morgan fingerprint density at radius 1 is 1.44 bits per heavy atom. The van der Waals surface area contributed by atoms with E-state index < -0.39 is 0 Å². The van der Waals surface area contributed by atoms with Crippen LogP contribution in [0.3, 0.4) is 0 Å². The zero-order chi connectivity index (χ0) is 13.2. The molecular formula is C14H26N2O2. The third kappa shape index (κ3) is 2.86. The number of amides is 1. The summed E-state index contributed by atoms with van der Waals surface area (Å²) in [4.78, 5) is 14.3. The molecule has 3 atom stereocenters. The molecule has 0 aromatic rings. The van der Waals surface area contributed by atoms with Crippen LogP contribution in [0.25, 0.3) is 0 Å². The Morgan fingerprint density at radius 3 is 2.83 bits per heavy atom. The summed E-state index contributed by atoms with van der Waals surface area (Å²) in [6.07, 6.45) is 5.51. The van der Waals surface area contributed by atoms with Crippen LogP contribution in [0.1, 0.15) is 46.0 Å². The largest absolute Gasteiger partial charge is 0.396 e. The Hall–Kier alpha value is -0.610. The topological polar surface area (TPSA) is 52.6 Å². The molecule has 1 heterocycles. The predicted molar refractivity (Wildman–Crippen MR) is 71.2 cm³/mol. The Labute approximate surface area is 110 Å². The first kappa shape index (κ1) is 13.8. The fourth-order valence-corrected chi connectivity index (χ4v) is 3.32. The molecule has 1 saturated carbocycles.